The summed E-state index contributed by atoms with van der Waals surface area (Å²) in [6.07, 6.45) is 33.6. The van der Waals surface area contributed by atoms with Gasteiger partial charge in [-0.15, -0.1) is 0 Å². The van der Waals surface area contributed by atoms with Gasteiger partial charge in [-0.25, -0.2) is 0 Å². The van der Waals surface area contributed by atoms with E-state index in [-0.39, 0.29) is 0 Å². The molecule has 0 bridgehead atoms. The molecular weight excluding hydrogens is 420 g/mol. The fourth-order valence-electron chi connectivity index (χ4n) is 10.8. The summed E-state index contributed by atoms with van der Waals surface area (Å²) in [6, 6.07) is 0. The van der Waals surface area contributed by atoms with E-state index < -0.39 is 0 Å². The van der Waals surface area contributed by atoms with Gasteiger partial charge in [-0.2, -0.15) is 0 Å². The molecule has 4 saturated carbocycles. The van der Waals surface area contributed by atoms with E-state index in [1.807, 2.05) is 0 Å². The molecule has 0 saturated heterocycles. The Bertz CT molecular complexity index is 575. The maximum Gasteiger partial charge on any atom is -0.0235 e. The monoisotopic (exact) mass is 485 g/mol. The van der Waals surface area contributed by atoms with E-state index in [2.05, 4.69) is 27.7 Å². The zero-order chi connectivity index (χ0) is 24.7. The van der Waals surface area contributed by atoms with Crippen molar-refractivity contribution in [3.05, 3.63) is 0 Å². The van der Waals surface area contributed by atoms with Gasteiger partial charge in [0.15, 0.2) is 0 Å². The third-order valence-electron chi connectivity index (χ3n) is 12.3. The molecule has 204 valence electrons. The lowest BCUT2D eigenvalue weighted by atomic mass is 9.53. The molecule has 0 radical (unpaired) electrons. The zero-order valence-corrected chi connectivity index (χ0v) is 24.7. The van der Waals surface area contributed by atoms with Crippen LogP contribution in [0.1, 0.15) is 169 Å². The number of rotatable bonds is 14. The van der Waals surface area contributed by atoms with E-state index in [0.29, 0.717) is 0 Å². The third kappa shape index (κ3) is 6.36. The lowest BCUT2D eigenvalue weighted by molar-refractivity contribution is -0.0270. The molecule has 8 atom stereocenters. The minimum Gasteiger partial charge on any atom is -0.0654 e. The maximum atomic E-state index is 2.70. The molecule has 35 heavy (non-hydrogen) atoms. The van der Waals surface area contributed by atoms with E-state index in [4.69, 9.17) is 0 Å². The standard InChI is InChI=1S/C35H64/c1-5-7-9-11-13-17-23-35(24-18-14-12-10-8-6-2)32-25-27(3)21-22-31(32)34-30-20-16-15-19-29(30)28(4)26-33(34)35/h27-34H,5-26H2,1-4H3. The van der Waals surface area contributed by atoms with Crippen molar-refractivity contribution < 1.29 is 0 Å². The summed E-state index contributed by atoms with van der Waals surface area (Å²) in [4.78, 5) is 0. The highest BCUT2D eigenvalue weighted by molar-refractivity contribution is 5.12. The number of hydrogen-bond acceptors (Lipinski definition) is 0. The van der Waals surface area contributed by atoms with Crippen molar-refractivity contribution in [3.63, 3.8) is 0 Å². The Kier molecular flexibility index (Phi) is 11.0. The second kappa shape index (κ2) is 13.7. The Balaban J connectivity index is 1.54. The zero-order valence-electron chi connectivity index (χ0n) is 24.7. The lowest BCUT2D eigenvalue weighted by Gasteiger charge is -2.52. The van der Waals surface area contributed by atoms with Crippen molar-refractivity contribution in [1.29, 1.82) is 0 Å². The number of hydrogen-bond donors (Lipinski definition) is 0. The van der Waals surface area contributed by atoms with Gasteiger partial charge in [0.2, 0.25) is 0 Å². The van der Waals surface area contributed by atoms with E-state index in [9.17, 15) is 0 Å². The topological polar surface area (TPSA) is 0 Å². The summed E-state index contributed by atoms with van der Waals surface area (Å²) in [7, 11) is 0. The smallest absolute Gasteiger partial charge is 0.0235 e. The molecule has 4 aliphatic rings. The summed E-state index contributed by atoms with van der Waals surface area (Å²) in [5.41, 5.74) is 0.718. The quantitative estimate of drug-likeness (QED) is 0.215. The first-order valence-electron chi connectivity index (χ1n) is 17.1. The van der Waals surface area contributed by atoms with Crippen LogP contribution in [-0.2, 0) is 0 Å². The van der Waals surface area contributed by atoms with Crippen LogP contribution in [0.25, 0.3) is 0 Å². The molecule has 0 heteroatoms. The predicted molar refractivity (Wildman–Crippen MR) is 155 cm³/mol. The lowest BCUT2D eigenvalue weighted by Crippen LogP contribution is -2.44. The van der Waals surface area contributed by atoms with Crippen LogP contribution >= 0.6 is 0 Å². The predicted octanol–water partition coefficient (Wildman–Crippen LogP) is 11.6. The highest BCUT2D eigenvalue weighted by atomic mass is 14.7. The van der Waals surface area contributed by atoms with Crippen LogP contribution in [0, 0.1) is 52.8 Å². The van der Waals surface area contributed by atoms with Crippen molar-refractivity contribution >= 4 is 0 Å². The molecule has 0 aromatic carbocycles. The largest absolute Gasteiger partial charge is 0.0654 e. The van der Waals surface area contributed by atoms with E-state index in [1.165, 1.54) is 70.6 Å². The summed E-state index contributed by atoms with van der Waals surface area (Å²) in [5, 5.41) is 0. The summed E-state index contributed by atoms with van der Waals surface area (Å²) in [5.74, 6) is 8.59. The van der Waals surface area contributed by atoms with E-state index >= 15 is 0 Å². The average Bonchev–Trinajstić information content (AvgIpc) is 3.12. The molecule has 4 rings (SSSR count). The van der Waals surface area contributed by atoms with Gasteiger partial charge in [0, 0.05) is 0 Å². The van der Waals surface area contributed by atoms with Crippen LogP contribution in [0.2, 0.25) is 0 Å². The fourth-order valence-corrected chi connectivity index (χ4v) is 10.8. The molecule has 0 aromatic heterocycles. The number of fused-ring (bicyclic) bond motifs is 5. The summed E-state index contributed by atoms with van der Waals surface area (Å²) in [6.45, 7) is 10.0. The first-order chi connectivity index (χ1) is 17.1. The average molecular weight is 485 g/mol. The normalized spacial score (nSPS) is 38.1. The fraction of sp³-hybridized carbons (Fsp3) is 1.00. The second-order valence-electron chi connectivity index (χ2n) is 14.5. The van der Waals surface area contributed by atoms with Crippen molar-refractivity contribution in [2.24, 2.45) is 52.8 Å². The highest BCUT2D eigenvalue weighted by Gasteiger charge is 2.63. The van der Waals surface area contributed by atoms with E-state index in [1.54, 1.807) is 70.6 Å². The molecule has 0 amide bonds. The van der Waals surface area contributed by atoms with Gasteiger partial charge in [0.05, 0.1) is 0 Å². The molecule has 0 N–H and O–H groups in total. The molecule has 8 unspecified atom stereocenters. The molecule has 4 fully saturated rings. The number of unbranched alkanes of at least 4 members (excludes halogenated alkanes) is 10. The Morgan fingerprint density at radius 1 is 0.543 bits per heavy atom. The van der Waals surface area contributed by atoms with Crippen LogP contribution in [-0.4, -0.2) is 0 Å². The van der Waals surface area contributed by atoms with Crippen LogP contribution in [0.4, 0.5) is 0 Å². The maximum absolute atomic E-state index is 2.70. The molecule has 0 nitrogen and oxygen atoms in total. The third-order valence-corrected chi connectivity index (χ3v) is 12.3. The molecule has 4 aliphatic carbocycles. The summed E-state index contributed by atoms with van der Waals surface area (Å²) >= 11 is 0. The molecular formula is C35H64. The van der Waals surface area contributed by atoms with Crippen LogP contribution in [0.3, 0.4) is 0 Å². The van der Waals surface area contributed by atoms with Crippen LogP contribution in [0.5, 0.6) is 0 Å². The first kappa shape index (κ1) is 28.0. The van der Waals surface area contributed by atoms with Gasteiger partial charge in [0.1, 0.15) is 0 Å². The Morgan fingerprint density at radius 3 is 1.74 bits per heavy atom. The highest BCUT2D eigenvalue weighted by Crippen LogP contribution is 2.70. The van der Waals surface area contributed by atoms with Crippen molar-refractivity contribution in [2.45, 2.75) is 169 Å². The SMILES string of the molecule is CCCCCCCCC1(CCCCCCCC)C2CC(C)CCC2C2C3CCCCC3C(C)CC21. The molecule has 0 spiro atoms. The van der Waals surface area contributed by atoms with Crippen molar-refractivity contribution in [2.75, 3.05) is 0 Å². The van der Waals surface area contributed by atoms with Crippen LogP contribution < -0.4 is 0 Å². The Labute approximate surface area is 221 Å². The van der Waals surface area contributed by atoms with E-state index in [0.717, 1.165) is 52.8 Å². The van der Waals surface area contributed by atoms with Crippen molar-refractivity contribution in [3.8, 4) is 0 Å². The van der Waals surface area contributed by atoms with Crippen molar-refractivity contribution in [1.82, 2.24) is 0 Å². The van der Waals surface area contributed by atoms with Gasteiger partial charge in [-0.05, 0) is 97.7 Å². The summed E-state index contributed by atoms with van der Waals surface area (Å²) < 4.78 is 0. The van der Waals surface area contributed by atoms with Gasteiger partial charge < -0.3 is 0 Å². The first-order valence-corrected chi connectivity index (χ1v) is 17.1. The van der Waals surface area contributed by atoms with Gasteiger partial charge >= 0.3 is 0 Å². The molecule has 0 aliphatic heterocycles. The molecule has 0 aromatic rings. The van der Waals surface area contributed by atoms with Crippen LogP contribution in [0.15, 0.2) is 0 Å². The minimum atomic E-state index is 0.718. The van der Waals surface area contributed by atoms with Gasteiger partial charge in [-0.3, -0.25) is 0 Å². The van der Waals surface area contributed by atoms with Gasteiger partial charge in [0.25, 0.3) is 0 Å². The minimum absolute atomic E-state index is 0.718. The molecule has 0 heterocycles. The Hall–Kier alpha value is 0. The second-order valence-corrected chi connectivity index (χ2v) is 14.5. The Morgan fingerprint density at radius 2 is 1.11 bits per heavy atom. The van der Waals surface area contributed by atoms with Gasteiger partial charge in [-0.1, -0.05) is 124 Å².